The molecule has 1 aromatic carbocycles. The van der Waals surface area contributed by atoms with E-state index in [1.54, 1.807) is 11.6 Å². The highest BCUT2D eigenvalue weighted by atomic mass is 32.1. The lowest BCUT2D eigenvalue weighted by Gasteiger charge is -1.89. The SMILES string of the molecule is O=C=Nc1cccc2scnc12. The molecule has 12 heavy (non-hydrogen) atoms. The molecule has 0 saturated carbocycles. The summed E-state index contributed by atoms with van der Waals surface area (Å²) in [5.74, 6) is 0. The molecule has 4 heteroatoms. The first kappa shape index (κ1) is 7.16. The van der Waals surface area contributed by atoms with Crippen LogP contribution in [0.4, 0.5) is 5.69 Å². The zero-order valence-electron chi connectivity index (χ0n) is 6.02. The lowest BCUT2D eigenvalue weighted by molar-refractivity contribution is 0.565. The quantitative estimate of drug-likeness (QED) is 0.494. The Labute approximate surface area is 72.4 Å². The Morgan fingerprint density at radius 2 is 2.42 bits per heavy atom. The maximum Gasteiger partial charge on any atom is 0.240 e. The summed E-state index contributed by atoms with van der Waals surface area (Å²) in [6.07, 6.45) is 1.51. The van der Waals surface area contributed by atoms with E-state index in [1.807, 2.05) is 12.1 Å². The van der Waals surface area contributed by atoms with E-state index < -0.39 is 0 Å². The zero-order valence-corrected chi connectivity index (χ0v) is 6.84. The summed E-state index contributed by atoms with van der Waals surface area (Å²) in [5.41, 5.74) is 3.09. The van der Waals surface area contributed by atoms with Gasteiger partial charge in [0.15, 0.2) is 0 Å². The Morgan fingerprint density at radius 3 is 3.25 bits per heavy atom. The van der Waals surface area contributed by atoms with Crippen molar-refractivity contribution in [3.8, 4) is 0 Å². The molecule has 0 fully saturated rings. The van der Waals surface area contributed by atoms with Gasteiger partial charge in [-0.25, -0.2) is 9.78 Å². The van der Waals surface area contributed by atoms with E-state index in [4.69, 9.17) is 0 Å². The Hall–Kier alpha value is -1.51. The molecule has 3 nitrogen and oxygen atoms in total. The summed E-state index contributed by atoms with van der Waals surface area (Å²) in [4.78, 5) is 17.7. The Kier molecular flexibility index (Phi) is 1.70. The highest BCUT2D eigenvalue weighted by Gasteiger charge is 2.00. The van der Waals surface area contributed by atoms with Crippen LogP contribution < -0.4 is 0 Å². The summed E-state index contributed by atoms with van der Waals surface area (Å²) < 4.78 is 1.03. The van der Waals surface area contributed by atoms with Crippen molar-refractivity contribution in [3.63, 3.8) is 0 Å². The molecular weight excluding hydrogens is 172 g/mol. The van der Waals surface area contributed by atoms with Crippen molar-refractivity contribution in [1.82, 2.24) is 4.98 Å². The van der Waals surface area contributed by atoms with Crippen LogP contribution in [0.3, 0.4) is 0 Å². The first-order chi connectivity index (χ1) is 5.92. The molecule has 0 aliphatic rings. The first-order valence-electron chi connectivity index (χ1n) is 3.32. The maximum atomic E-state index is 10.0. The van der Waals surface area contributed by atoms with Gasteiger partial charge in [-0.15, -0.1) is 11.3 Å². The van der Waals surface area contributed by atoms with Gasteiger partial charge in [-0.1, -0.05) is 6.07 Å². The third-order valence-electron chi connectivity index (χ3n) is 1.51. The summed E-state index contributed by atoms with van der Waals surface area (Å²) >= 11 is 1.53. The molecule has 0 aliphatic heterocycles. The fraction of sp³-hybridized carbons (Fsp3) is 0. The molecule has 2 rings (SSSR count). The lowest BCUT2D eigenvalue weighted by Crippen LogP contribution is -1.68. The number of aromatic nitrogens is 1. The number of carbonyl (C=O) groups excluding carboxylic acids is 1. The lowest BCUT2D eigenvalue weighted by atomic mass is 10.3. The molecule has 0 saturated heterocycles. The number of thiazole rings is 1. The molecule has 0 unspecified atom stereocenters. The van der Waals surface area contributed by atoms with E-state index in [0.717, 1.165) is 10.2 Å². The van der Waals surface area contributed by atoms with Gasteiger partial charge in [-0.2, -0.15) is 4.99 Å². The number of para-hydroxylation sites is 1. The van der Waals surface area contributed by atoms with Gasteiger partial charge in [-0.05, 0) is 12.1 Å². The number of benzene rings is 1. The largest absolute Gasteiger partial charge is 0.242 e. The standard InChI is InChI=1S/C8H4N2OS/c11-4-9-6-2-1-3-7-8(6)10-5-12-7/h1-3,5H. The summed E-state index contributed by atoms with van der Waals surface area (Å²) in [6, 6.07) is 5.53. The normalized spacial score (nSPS) is 9.67. The van der Waals surface area contributed by atoms with E-state index >= 15 is 0 Å². The molecule has 0 atom stereocenters. The van der Waals surface area contributed by atoms with Gasteiger partial charge in [0.1, 0.15) is 11.2 Å². The van der Waals surface area contributed by atoms with Crippen LogP contribution in [0.2, 0.25) is 0 Å². The van der Waals surface area contributed by atoms with Crippen LogP contribution in [-0.4, -0.2) is 11.1 Å². The van der Waals surface area contributed by atoms with Crippen molar-refractivity contribution >= 4 is 33.3 Å². The topological polar surface area (TPSA) is 42.3 Å². The number of hydrogen-bond donors (Lipinski definition) is 0. The zero-order chi connectivity index (χ0) is 8.39. The van der Waals surface area contributed by atoms with Crippen LogP contribution in [-0.2, 0) is 4.79 Å². The third-order valence-corrected chi connectivity index (χ3v) is 2.30. The molecule has 1 aromatic heterocycles. The van der Waals surface area contributed by atoms with Crippen molar-refractivity contribution in [2.75, 3.05) is 0 Å². The highest BCUT2D eigenvalue weighted by molar-refractivity contribution is 7.16. The Balaban J connectivity index is 2.81. The van der Waals surface area contributed by atoms with Crippen LogP contribution in [0.25, 0.3) is 10.2 Å². The average molecular weight is 176 g/mol. The van der Waals surface area contributed by atoms with E-state index in [9.17, 15) is 4.79 Å². The third kappa shape index (κ3) is 1.03. The second kappa shape index (κ2) is 2.85. The second-order valence-electron chi connectivity index (χ2n) is 2.18. The predicted molar refractivity (Wildman–Crippen MR) is 47.4 cm³/mol. The van der Waals surface area contributed by atoms with E-state index in [2.05, 4.69) is 9.98 Å². The van der Waals surface area contributed by atoms with Crippen LogP contribution >= 0.6 is 11.3 Å². The molecule has 0 radical (unpaired) electrons. The molecular formula is C8H4N2OS. The molecule has 0 N–H and O–H groups in total. The van der Waals surface area contributed by atoms with Gasteiger partial charge in [-0.3, -0.25) is 0 Å². The van der Waals surface area contributed by atoms with Gasteiger partial charge >= 0.3 is 0 Å². The number of hydrogen-bond acceptors (Lipinski definition) is 4. The Morgan fingerprint density at radius 1 is 1.50 bits per heavy atom. The minimum atomic E-state index is 0.587. The van der Waals surface area contributed by atoms with Gasteiger partial charge in [0.05, 0.1) is 10.2 Å². The van der Waals surface area contributed by atoms with Crippen LogP contribution in [0.15, 0.2) is 28.7 Å². The number of fused-ring (bicyclic) bond motifs is 1. The molecule has 2 aromatic rings. The number of isocyanates is 1. The number of rotatable bonds is 1. The maximum absolute atomic E-state index is 10.0. The van der Waals surface area contributed by atoms with Crippen molar-refractivity contribution in [2.24, 2.45) is 4.99 Å². The van der Waals surface area contributed by atoms with Gasteiger partial charge in [0.25, 0.3) is 0 Å². The van der Waals surface area contributed by atoms with Crippen molar-refractivity contribution in [1.29, 1.82) is 0 Å². The minimum Gasteiger partial charge on any atom is -0.242 e. The Bertz CT molecular complexity index is 457. The monoisotopic (exact) mass is 176 g/mol. The van der Waals surface area contributed by atoms with E-state index in [0.29, 0.717) is 5.69 Å². The second-order valence-corrected chi connectivity index (χ2v) is 3.07. The average Bonchev–Trinajstić information content (AvgIpc) is 2.53. The van der Waals surface area contributed by atoms with Crippen molar-refractivity contribution < 1.29 is 4.79 Å². The molecule has 0 aliphatic carbocycles. The molecule has 0 bridgehead atoms. The number of nitrogens with zero attached hydrogens (tertiary/aromatic N) is 2. The molecule has 58 valence electrons. The smallest absolute Gasteiger partial charge is 0.240 e. The molecule has 0 spiro atoms. The molecule has 0 amide bonds. The van der Waals surface area contributed by atoms with E-state index in [1.165, 1.54) is 17.4 Å². The van der Waals surface area contributed by atoms with Crippen molar-refractivity contribution in [2.45, 2.75) is 0 Å². The van der Waals surface area contributed by atoms with Crippen LogP contribution in [0, 0.1) is 0 Å². The van der Waals surface area contributed by atoms with Gasteiger partial charge in [0.2, 0.25) is 6.08 Å². The van der Waals surface area contributed by atoms with E-state index in [-0.39, 0.29) is 0 Å². The van der Waals surface area contributed by atoms with Crippen molar-refractivity contribution in [3.05, 3.63) is 23.7 Å². The fourth-order valence-electron chi connectivity index (χ4n) is 1.01. The van der Waals surface area contributed by atoms with Gasteiger partial charge in [0, 0.05) is 0 Å². The van der Waals surface area contributed by atoms with Crippen LogP contribution in [0.1, 0.15) is 0 Å². The summed E-state index contributed by atoms with van der Waals surface area (Å²) in [6.45, 7) is 0. The highest BCUT2D eigenvalue weighted by Crippen LogP contribution is 2.26. The summed E-state index contributed by atoms with van der Waals surface area (Å²) in [7, 11) is 0. The number of aliphatic imine (C=N–C) groups is 1. The predicted octanol–water partition coefficient (Wildman–Crippen LogP) is 2.26. The fourth-order valence-corrected chi connectivity index (χ4v) is 1.71. The first-order valence-corrected chi connectivity index (χ1v) is 4.20. The van der Waals surface area contributed by atoms with Gasteiger partial charge < -0.3 is 0 Å². The minimum absolute atomic E-state index is 0.587. The summed E-state index contributed by atoms with van der Waals surface area (Å²) in [5, 5.41) is 0. The molecule has 1 heterocycles. The van der Waals surface area contributed by atoms with Crippen LogP contribution in [0.5, 0.6) is 0 Å².